The van der Waals surface area contributed by atoms with Crippen molar-refractivity contribution in [1.82, 2.24) is 0 Å². The third kappa shape index (κ3) is 4.65. The second-order valence-electron chi connectivity index (χ2n) is 3.83. The van der Waals surface area contributed by atoms with Gasteiger partial charge in [0, 0.05) is 0 Å². The zero-order valence-electron chi connectivity index (χ0n) is 9.05. The summed E-state index contributed by atoms with van der Waals surface area (Å²) >= 11 is 0. The molecule has 9 heteroatoms. The Bertz CT molecular complexity index is 440. The lowest BCUT2D eigenvalue weighted by Gasteiger charge is -2.20. The van der Waals surface area contributed by atoms with Crippen LogP contribution in [0.1, 0.15) is 12.8 Å². The average molecular weight is 288 g/mol. The lowest BCUT2D eigenvalue weighted by Crippen LogP contribution is -2.40. The minimum Gasteiger partial charge on any atom is -0.451 e. The van der Waals surface area contributed by atoms with E-state index in [2.05, 4.69) is 4.74 Å². The Morgan fingerprint density at radius 2 is 2.11 bits per heavy atom. The number of alkyl halides is 3. The van der Waals surface area contributed by atoms with E-state index in [0.29, 0.717) is 12.8 Å². The van der Waals surface area contributed by atoms with Crippen LogP contribution in [0.4, 0.5) is 13.2 Å². The Kier molecular flexibility index (Phi) is 4.38. The van der Waals surface area contributed by atoms with E-state index in [1.165, 1.54) is 6.08 Å². The topological polar surface area (TPSA) is 80.7 Å². The van der Waals surface area contributed by atoms with Gasteiger partial charge in [-0.3, -0.25) is 9.35 Å². The molecule has 0 fully saturated rings. The normalized spacial score (nSPS) is 21.9. The van der Waals surface area contributed by atoms with Crippen molar-refractivity contribution in [3.05, 3.63) is 12.2 Å². The highest BCUT2D eigenvalue weighted by atomic mass is 32.2. The zero-order chi connectivity index (χ0) is 14.0. The largest absolute Gasteiger partial charge is 0.451 e. The van der Waals surface area contributed by atoms with Gasteiger partial charge in [-0.25, -0.2) is 0 Å². The standard InChI is InChI=1S/C9H11F3O5S/c10-9(11,12)7(5-18(14,15)16)17-8(13)6-3-1-2-4-6/h1,3,6-7H,2,4-5H2,(H,14,15,16). The molecule has 18 heavy (non-hydrogen) atoms. The maximum absolute atomic E-state index is 12.4. The van der Waals surface area contributed by atoms with Gasteiger partial charge in [0.1, 0.15) is 5.75 Å². The van der Waals surface area contributed by atoms with Crippen molar-refractivity contribution in [2.75, 3.05) is 5.75 Å². The molecule has 1 aliphatic carbocycles. The Morgan fingerprint density at radius 1 is 1.50 bits per heavy atom. The van der Waals surface area contributed by atoms with Crippen LogP contribution in [-0.4, -0.2) is 37.0 Å². The van der Waals surface area contributed by atoms with Crippen LogP contribution in [0.5, 0.6) is 0 Å². The first-order valence-corrected chi connectivity index (χ1v) is 6.59. The summed E-state index contributed by atoms with van der Waals surface area (Å²) in [6, 6.07) is 0. The molecule has 2 atom stereocenters. The Balaban J connectivity index is 2.73. The molecule has 1 N–H and O–H groups in total. The Labute approximate surface area is 101 Å². The molecule has 0 saturated carbocycles. The van der Waals surface area contributed by atoms with Crippen molar-refractivity contribution in [3.63, 3.8) is 0 Å². The van der Waals surface area contributed by atoms with Crippen LogP contribution in [0.15, 0.2) is 12.2 Å². The number of carbonyl (C=O) groups is 1. The summed E-state index contributed by atoms with van der Waals surface area (Å²) in [5.41, 5.74) is 0. The number of hydrogen-bond acceptors (Lipinski definition) is 4. The summed E-state index contributed by atoms with van der Waals surface area (Å²) < 4.78 is 70.7. The Hall–Kier alpha value is -1.09. The van der Waals surface area contributed by atoms with Gasteiger partial charge in [-0.05, 0) is 12.8 Å². The number of carbonyl (C=O) groups excluding carboxylic acids is 1. The van der Waals surface area contributed by atoms with Crippen molar-refractivity contribution in [2.24, 2.45) is 5.92 Å². The fraction of sp³-hybridized carbons (Fsp3) is 0.667. The minimum absolute atomic E-state index is 0.329. The highest BCUT2D eigenvalue weighted by Crippen LogP contribution is 2.27. The van der Waals surface area contributed by atoms with Crippen LogP contribution in [0.2, 0.25) is 0 Å². The molecule has 1 aliphatic rings. The van der Waals surface area contributed by atoms with E-state index in [1.807, 2.05) is 0 Å². The summed E-state index contributed by atoms with van der Waals surface area (Å²) in [6.45, 7) is 0. The molecule has 104 valence electrons. The van der Waals surface area contributed by atoms with Crippen molar-refractivity contribution < 1.29 is 35.7 Å². The lowest BCUT2D eigenvalue weighted by molar-refractivity contribution is -0.216. The molecule has 0 saturated heterocycles. The molecule has 0 radical (unpaired) electrons. The molecule has 0 aliphatic heterocycles. The molecule has 0 aromatic carbocycles. The second kappa shape index (κ2) is 5.27. The van der Waals surface area contributed by atoms with E-state index in [9.17, 15) is 26.4 Å². The van der Waals surface area contributed by atoms with Crippen LogP contribution >= 0.6 is 0 Å². The molecule has 0 spiro atoms. The number of rotatable bonds is 4. The fourth-order valence-corrected chi connectivity index (χ4v) is 2.08. The van der Waals surface area contributed by atoms with Gasteiger partial charge >= 0.3 is 12.1 Å². The first kappa shape index (κ1) is 15.0. The SMILES string of the molecule is O=C(OC(CS(=O)(=O)O)C(F)(F)F)C1C=CCC1. The number of allylic oxidation sites excluding steroid dienone is 1. The van der Waals surface area contributed by atoms with Crippen molar-refractivity contribution in [3.8, 4) is 0 Å². The van der Waals surface area contributed by atoms with Crippen molar-refractivity contribution >= 4 is 16.1 Å². The summed E-state index contributed by atoms with van der Waals surface area (Å²) in [5.74, 6) is -3.63. The zero-order valence-corrected chi connectivity index (χ0v) is 9.87. The molecule has 0 amide bonds. The molecule has 1 rings (SSSR count). The number of hydrogen-bond donors (Lipinski definition) is 1. The van der Waals surface area contributed by atoms with E-state index in [4.69, 9.17) is 4.55 Å². The second-order valence-corrected chi connectivity index (χ2v) is 5.32. The average Bonchev–Trinajstić information content (AvgIpc) is 2.65. The first-order chi connectivity index (χ1) is 8.09. The molecular formula is C9H11F3O5S. The number of esters is 1. The molecule has 0 aromatic rings. The molecule has 0 aromatic heterocycles. The third-order valence-electron chi connectivity index (χ3n) is 2.30. The summed E-state index contributed by atoms with van der Waals surface area (Å²) in [6.07, 6.45) is -3.99. The van der Waals surface area contributed by atoms with E-state index in [-0.39, 0.29) is 0 Å². The minimum atomic E-state index is -5.05. The van der Waals surface area contributed by atoms with Gasteiger partial charge in [-0.15, -0.1) is 0 Å². The van der Waals surface area contributed by atoms with E-state index in [0.717, 1.165) is 0 Å². The van der Waals surface area contributed by atoms with Crippen LogP contribution in [0.25, 0.3) is 0 Å². The monoisotopic (exact) mass is 288 g/mol. The van der Waals surface area contributed by atoms with Gasteiger partial charge < -0.3 is 4.74 Å². The smallest absolute Gasteiger partial charge is 0.426 e. The van der Waals surface area contributed by atoms with Crippen LogP contribution in [0.3, 0.4) is 0 Å². The highest BCUT2D eigenvalue weighted by molar-refractivity contribution is 7.85. The molecule has 2 unspecified atom stereocenters. The number of halogens is 3. The van der Waals surface area contributed by atoms with Gasteiger partial charge in [0.15, 0.2) is 0 Å². The van der Waals surface area contributed by atoms with Gasteiger partial charge in [-0.2, -0.15) is 21.6 Å². The quantitative estimate of drug-likeness (QED) is 0.479. The van der Waals surface area contributed by atoms with E-state index >= 15 is 0 Å². The van der Waals surface area contributed by atoms with Gasteiger partial charge in [0.2, 0.25) is 6.10 Å². The molecule has 5 nitrogen and oxygen atoms in total. The molecule has 0 heterocycles. The maximum Gasteiger partial charge on any atom is 0.426 e. The van der Waals surface area contributed by atoms with Crippen LogP contribution in [-0.2, 0) is 19.6 Å². The first-order valence-electron chi connectivity index (χ1n) is 4.98. The van der Waals surface area contributed by atoms with Crippen LogP contribution in [0, 0.1) is 5.92 Å². The summed E-state index contributed by atoms with van der Waals surface area (Å²) in [7, 11) is -4.89. The fourth-order valence-electron chi connectivity index (χ4n) is 1.44. The van der Waals surface area contributed by atoms with Crippen molar-refractivity contribution in [2.45, 2.75) is 25.1 Å². The molecule has 0 bridgehead atoms. The van der Waals surface area contributed by atoms with Gasteiger partial charge in [-0.1, -0.05) is 12.2 Å². The van der Waals surface area contributed by atoms with E-state index in [1.54, 1.807) is 6.08 Å². The molecular weight excluding hydrogens is 277 g/mol. The predicted molar refractivity (Wildman–Crippen MR) is 54.2 cm³/mol. The summed E-state index contributed by atoms with van der Waals surface area (Å²) in [4.78, 5) is 11.3. The van der Waals surface area contributed by atoms with Gasteiger partial charge in [0.25, 0.3) is 10.1 Å². The maximum atomic E-state index is 12.4. The van der Waals surface area contributed by atoms with Gasteiger partial charge in [0.05, 0.1) is 5.92 Å². The predicted octanol–water partition coefficient (Wildman–Crippen LogP) is 1.31. The van der Waals surface area contributed by atoms with Crippen LogP contribution < -0.4 is 0 Å². The third-order valence-corrected chi connectivity index (χ3v) is 3.02. The highest BCUT2D eigenvalue weighted by Gasteiger charge is 2.46. The lowest BCUT2D eigenvalue weighted by atomic mass is 10.1. The summed E-state index contributed by atoms with van der Waals surface area (Å²) in [5, 5.41) is 0. The van der Waals surface area contributed by atoms with E-state index < -0.39 is 40.0 Å². The van der Waals surface area contributed by atoms with Crippen molar-refractivity contribution in [1.29, 1.82) is 0 Å². The Morgan fingerprint density at radius 3 is 2.50 bits per heavy atom. The number of ether oxygens (including phenoxy) is 1.